The predicted molar refractivity (Wildman–Crippen MR) is 105 cm³/mol. The number of fused-ring (bicyclic) bond motifs is 1. The van der Waals surface area contributed by atoms with Crippen LogP contribution in [-0.4, -0.2) is 35.4 Å². The van der Waals surface area contributed by atoms with Gasteiger partial charge in [0.25, 0.3) is 0 Å². The molecule has 1 amide bonds. The number of benzene rings is 1. The summed E-state index contributed by atoms with van der Waals surface area (Å²) in [5, 5.41) is 12.4. The Morgan fingerprint density at radius 1 is 1.26 bits per heavy atom. The highest BCUT2D eigenvalue weighted by Gasteiger charge is 2.16. The first kappa shape index (κ1) is 18.5. The number of methoxy groups -OCH3 is 1. The number of para-hydroxylation sites is 2. The Hall–Kier alpha value is -3.30. The molecule has 0 aliphatic carbocycles. The highest BCUT2D eigenvalue weighted by Crippen LogP contribution is 2.23. The van der Waals surface area contributed by atoms with Gasteiger partial charge < -0.3 is 14.5 Å². The van der Waals surface area contributed by atoms with Gasteiger partial charge in [-0.25, -0.2) is 0 Å². The largest absolute Gasteiger partial charge is 0.495 e. The molecule has 2 heterocycles. The van der Waals surface area contributed by atoms with E-state index in [0.717, 1.165) is 11.1 Å². The lowest BCUT2D eigenvalue weighted by atomic mass is 10.1. The Bertz CT molecular complexity index is 987. The van der Waals surface area contributed by atoms with Gasteiger partial charge in [0.2, 0.25) is 5.91 Å². The summed E-state index contributed by atoms with van der Waals surface area (Å²) >= 11 is 0. The quantitative estimate of drug-likeness (QED) is 0.700. The van der Waals surface area contributed by atoms with E-state index in [-0.39, 0.29) is 12.5 Å². The number of hydrogen-bond donors (Lipinski definition) is 1. The topological polar surface area (TPSA) is 69.8 Å². The molecule has 0 spiro atoms. The minimum Gasteiger partial charge on any atom is -0.495 e. The van der Waals surface area contributed by atoms with Crippen molar-refractivity contribution in [2.45, 2.75) is 13.5 Å². The van der Waals surface area contributed by atoms with Gasteiger partial charge in [-0.05, 0) is 30.8 Å². The summed E-state index contributed by atoms with van der Waals surface area (Å²) < 4.78 is 7.21. The zero-order chi connectivity index (χ0) is 19.2. The van der Waals surface area contributed by atoms with E-state index in [1.807, 2.05) is 58.9 Å². The highest BCUT2D eigenvalue weighted by molar-refractivity contribution is 5.93. The number of aromatic nitrogens is 1. The maximum absolute atomic E-state index is 12.5. The zero-order valence-corrected chi connectivity index (χ0v) is 15.5. The number of amides is 1. The molecule has 0 saturated heterocycles. The molecular weight excluding hydrogens is 340 g/mol. The van der Waals surface area contributed by atoms with Crippen molar-refractivity contribution >= 4 is 17.1 Å². The van der Waals surface area contributed by atoms with Crippen LogP contribution in [0.15, 0.2) is 54.9 Å². The normalized spacial score (nSPS) is 10.7. The minimum atomic E-state index is -0.122. The summed E-state index contributed by atoms with van der Waals surface area (Å²) in [4.78, 5) is 14.5. The molecule has 2 aromatic heterocycles. The van der Waals surface area contributed by atoms with Gasteiger partial charge in [0.1, 0.15) is 11.8 Å². The summed E-state index contributed by atoms with van der Waals surface area (Å²) in [6, 6.07) is 15.4. The second kappa shape index (κ2) is 8.39. The fourth-order valence-corrected chi connectivity index (χ4v) is 3.09. The van der Waals surface area contributed by atoms with E-state index in [1.54, 1.807) is 19.2 Å². The maximum Gasteiger partial charge on any atom is 0.238 e. The lowest BCUT2D eigenvalue weighted by Gasteiger charge is -2.20. The average molecular weight is 362 g/mol. The molecule has 0 atom stereocenters. The predicted octanol–water partition coefficient (Wildman–Crippen LogP) is 3.28. The Morgan fingerprint density at radius 2 is 2.04 bits per heavy atom. The number of rotatable bonds is 7. The Morgan fingerprint density at radius 3 is 2.78 bits per heavy atom. The molecule has 0 aliphatic heterocycles. The van der Waals surface area contributed by atoms with Gasteiger partial charge in [-0.1, -0.05) is 25.1 Å². The second-order valence-electron chi connectivity index (χ2n) is 6.19. The second-order valence-corrected chi connectivity index (χ2v) is 6.19. The monoisotopic (exact) mass is 362 g/mol. The van der Waals surface area contributed by atoms with Crippen LogP contribution >= 0.6 is 0 Å². The molecule has 0 aliphatic rings. The van der Waals surface area contributed by atoms with Gasteiger partial charge in [-0.3, -0.25) is 9.69 Å². The number of nitrogens with one attached hydrogen (secondary N) is 1. The number of nitrogens with zero attached hydrogens (tertiary/aromatic N) is 3. The van der Waals surface area contributed by atoms with E-state index >= 15 is 0 Å². The smallest absolute Gasteiger partial charge is 0.238 e. The first-order valence-electron chi connectivity index (χ1n) is 8.80. The summed E-state index contributed by atoms with van der Waals surface area (Å²) in [6.45, 7) is 3.45. The van der Waals surface area contributed by atoms with Crippen molar-refractivity contribution < 1.29 is 9.53 Å². The van der Waals surface area contributed by atoms with Crippen LogP contribution in [0.3, 0.4) is 0 Å². The van der Waals surface area contributed by atoms with E-state index < -0.39 is 0 Å². The first-order chi connectivity index (χ1) is 13.2. The van der Waals surface area contributed by atoms with Gasteiger partial charge in [-0.2, -0.15) is 5.26 Å². The van der Waals surface area contributed by atoms with Crippen molar-refractivity contribution in [1.82, 2.24) is 9.30 Å². The number of pyridine rings is 1. The molecule has 6 heteroatoms. The lowest BCUT2D eigenvalue weighted by molar-refractivity contribution is -0.117. The van der Waals surface area contributed by atoms with Crippen molar-refractivity contribution in [2.75, 3.05) is 25.5 Å². The van der Waals surface area contributed by atoms with Gasteiger partial charge in [0.15, 0.2) is 0 Å². The number of hydrogen-bond acceptors (Lipinski definition) is 4. The SMILES string of the molecule is CCN(CC(=O)Nc1ccccc1OC)Cc1cn2ccccc2c1C#N. The van der Waals surface area contributed by atoms with Gasteiger partial charge in [0, 0.05) is 24.5 Å². The third-order valence-corrected chi connectivity index (χ3v) is 4.46. The molecule has 27 heavy (non-hydrogen) atoms. The van der Waals surface area contributed by atoms with E-state index in [9.17, 15) is 10.1 Å². The number of nitriles is 1. The van der Waals surface area contributed by atoms with E-state index in [1.165, 1.54) is 0 Å². The maximum atomic E-state index is 12.5. The van der Waals surface area contributed by atoms with Crippen molar-refractivity contribution in [3.05, 3.63) is 66.0 Å². The zero-order valence-electron chi connectivity index (χ0n) is 15.5. The molecule has 0 saturated carbocycles. The number of likely N-dealkylation sites (N-methyl/N-ethyl adjacent to an activating group) is 1. The highest BCUT2D eigenvalue weighted by atomic mass is 16.5. The first-order valence-corrected chi connectivity index (χ1v) is 8.80. The summed E-state index contributed by atoms with van der Waals surface area (Å²) in [5.41, 5.74) is 3.09. The Kier molecular flexibility index (Phi) is 5.74. The summed E-state index contributed by atoms with van der Waals surface area (Å²) in [7, 11) is 1.57. The fraction of sp³-hybridized carbons (Fsp3) is 0.238. The number of ether oxygens (including phenoxy) is 1. The van der Waals surface area contributed by atoms with Crippen LogP contribution in [0.25, 0.3) is 5.52 Å². The molecule has 1 aromatic carbocycles. The molecule has 0 fully saturated rings. The van der Waals surface area contributed by atoms with Crippen LogP contribution in [0.2, 0.25) is 0 Å². The van der Waals surface area contributed by atoms with E-state index in [2.05, 4.69) is 11.4 Å². The molecule has 3 rings (SSSR count). The molecule has 0 radical (unpaired) electrons. The van der Waals surface area contributed by atoms with Crippen LogP contribution < -0.4 is 10.1 Å². The van der Waals surface area contributed by atoms with Crippen LogP contribution in [-0.2, 0) is 11.3 Å². The molecule has 138 valence electrons. The van der Waals surface area contributed by atoms with Crippen molar-refractivity contribution in [3.63, 3.8) is 0 Å². The average Bonchev–Trinajstić information content (AvgIpc) is 3.04. The number of carbonyl (C=O) groups is 1. The molecular formula is C21H22N4O2. The van der Waals surface area contributed by atoms with Crippen LogP contribution in [0.4, 0.5) is 5.69 Å². The van der Waals surface area contributed by atoms with Crippen molar-refractivity contribution in [1.29, 1.82) is 5.26 Å². The van der Waals surface area contributed by atoms with Crippen molar-refractivity contribution in [3.8, 4) is 11.8 Å². The molecule has 6 nitrogen and oxygen atoms in total. The Labute approximate surface area is 158 Å². The Balaban J connectivity index is 1.73. The van der Waals surface area contributed by atoms with E-state index in [0.29, 0.717) is 30.1 Å². The van der Waals surface area contributed by atoms with Crippen LogP contribution in [0.5, 0.6) is 5.75 Å². The summed E-state index contributed by atoms with van der Waals surface area (Å²) in [6.07, 6.45) is 3.87. The standard InChI is InChI=1S/C21H22N4O2/c1-3-24(15-21(26)23-18-8-4-5-10-20(18)27-2)13-16-14-25-11-7-6-9-19(25)17(16)12-22/h4-11,14H,3,13,15H2,1-2H3,(H,23,26). The molecule has 0 bridgehead atoms. The van der Waals surface area contributed by atoms with E-state index in [4.69, 9.17) is 4.74 Å². The van der Waals surface area contributed by atoms with Gasteiger partial charge in [-0.15, -0.1) is 0 Å². The third kappa shape index (κ3) is 4.10. The molecule has 3 aromatic rings. The fourth-order valence-electron chi connectivity index (χ4n) is 3.09. The van der Waals surface area contributed by atoms with Crippen LogP contribution in [0, 0.1) is 11.3 Å². The molecule has 1 N–H and O–H groups in total. The lowest BCUT2D eigenvalue weighted by Crippen LogP contribution is -2.33. The van der Waals surface area contributed by atoms with Crippen LogP contribution in [0.1, 0.15) is 18.1 Å². The third-order valence-electron chi connectivity index (χ3n) is 4.46. The summed E-state index contributed by atoms with van der Waals surface area (Å²) in [5.74, 6) is 0.503. The van der Waals surface area contributed by atoms with Crippen molar-refractivity contribution in [2.24, 2.45) is 0 Å². The number of anilines is 1. The van der Waals surface area contributed by atoms with Gasteiger partial charge >= 0.3 is 0 Å². The minimum absolute atomic E-state index is 0.122. The number of carbonyl (C=O) groups excluding carboxylic acids is 1. The van der Waals surface area contributed by atoms with Gasteiger partial charge in [0.05, 0.1) is 30.4 Å². The molecule has 0 unspecified atom stereocenters.